The Hall–Kier alpha value is -1.60. The van der Waals surface area contributed by atoms with E-state index in [0.717, 1.165) is 0 Å². The van der Waals surface area contributed by atoms with E-state index in [4.69, 9.17) is 40.2 Å². The lowest BCUT2D eigenvalue weighted by Crippen LogP contribution is -2.31. The Kier molecular flexibility index (Phi) is 7.22. The quantitative estimate of drug-likeness (QED) is 0.353. The van der Waals surface area contributed by atoms with Crippen molar-refractivity contribution in [3.8, 4) is 5.75 Å². The van der Waals surface area contributed by atoms with Gasteiger partial charge in [0.15, 0.2) is 5.75 Å². The summed E-state index contributed by atoms with van der Waals surface area (Å²) in [6.07, 6.45) is 1.72. The number of carbonyl (C=O) groups is 1. The molecule has 8 heteroatoms. The third-order valence-electron chi connectivity index (χ3n) is 4.01. The minimum Gasteiger partial charge on any atom is -0.486 e. The minimum absolute atomic E-state index is 0.118. The summed E-state index contributed by atoms with van der Waals surface area (Å²) in [7, 11) is 0. The molecule has 3 nitrogen and oxygen atoms in total. The Balaban J connectivity index is 1.78. The first-order valence-electron chi connectivity index (χ1n) is 8.86. The topological polar surface area (TPSA) is 29.5 Å². The standard InChI is InChI=1S/C21H18Cl2FNO2S2/c1-12(2)10-25-20(26)18(29-21(25)28)9-14-7-16(22)19(17(23)8-14)27-11-13-4-3-5-15(24)6-13/h3-9,12H,10-11H2,1-2H3/b18-9-. The fourth-order valence-electron chi connectivity index (χ4n) is 2.76. The average molecular weight is 470 g/mol. The summed E-state index contributed by atoms with van der Waals surface area (Å²) >= 11 is 19.3. The second kappa shape index (κ2) is 9.47. The Morgan fingerprint density at radius 1 is 1.24 bits per heavy atom. The first-order valence-corrected chi connectivity index (χ1v) is 10.8. The zero-order chi connectivity index (χ0) is 21.1. The molecule has 1 aliphatic heterocycles. The molecule has 152 valence electrons. The van der Waals surface area contributed by atoms with Gasteiger partial charge in [0.1, 0.15) is 16.7 Å². The van der Waals surface area contributed by atoms with Gasteiger partial charge in [-0.3, -0.25) is 9.69 Å². The molecule has 3 rings (SSSR count). The van der Waals surface area contributed by atoms with E-state index in [-0.39, 0.29) is 18.3 Å². The van der Waals surface area contributed by atoms with Gasteiger partial charge in [-0.1, -0.05) is 73.2 Å². The van der Waals surface area contributed by atoms with Gasteiger partial charge in [-0.15, -0.1) is 0 Å². The third-order valence-corrected chi connectivity index (χ3v) is 5.95. The SMILES string of the molecule is CC(C)CN1C(=O)/C(=C/c2cc(Cl)c(OCc3cccc(F)c3)c(Cl)c2)SC1=S. The zero-order valence-corrected chi connectivity index (χ0v) is 18.9. The summed E-state index contributed by atoms with van der Waals surface area (Å²) in [4.78, 5) is 14.7. The maximum Gasteiger partial charge on any atom is 0.266 e. The van der Waals surface area contributed by atoms with Crippen molar-refractivity contribution in [2.24, 2.45) is 5.92 Å². The highest BCUT2D eigenvalue weighted by Gasteiger charge is 2.32. The van der Waals surface area contributed by atoms with Gasteiger partial charge in [-0.25, -0.2) is 4.39 Å². The van der Waals surface area contributed by atoms with Crippen molar-refractivity contribution in [3.63, 3.8) is 0 Å². The van der Waals surface area contributed by atoms with Crippen LogP contribution >= 0.6 is 47.2 Å². The maximum absolute atomic E-state index is 13.3. The first-order chi connectivity index (χ1) is 13.7. The van der Waals surface area contributed by atoms with Gasteiger partial charge in [0.25, 0.3) is 5.91 Å². The van der Waals surface area contributed by atoms with Gasteiger partial charge in [0.2, 0.25) is 0 Å². The van der Waals surface area contributed by atoms with E-state index in [1.807, 2.05) is 13.8 Å². The minimum atomic E-state index is -0.339. The van der Waals surface area contributed by atoms with E-state index in [9.17, 15) is 9.18 Å². The second-order valence-corrected chi connectivity index (χ2v) is 9.41. The van der Waals surface area contributed by atoms with Crippen LogP contribution in [0.3, 0.4) is 0 Å². The van der Waals surface area contributed by atoms with Crippen molar-refractivity contribution < 1.29 is 13.9 Å². The molecule has 0 aliphatic carbocycles. The number of halogens is 3. The molecule has 0 radical (unpaired) electrons. The third kappa shape index (κ3) is 5.51. The lowest BCUT2D eigenvalue weighted by Gasteiger charge is -2.16. The number of nitrogens with zero attached hydrogens (tertiary/aromatic N) is 1. The van der Waals surface area contributed by atoms with Gasteiger partial charge in [-0.05, 0) is 47.4 Å². The smallest absolute Gasteiger partial charge is 0.266 e. The number of ether oxygens (including phenoxy) is 1. The van der Waals surface area contributed by atoms with Gasteiger partial charge in [0.05, 0.1) is 15.0 Å². The Morgan fingerprint density at radius 3 is 2.55 bits per heavy atom. The van der Waals surface area contributed by atoms with Crippen molar-refractivity contribution in [2.45, 2.75) is 20.5 Å². The number of thioether (sulfide) groups is 1. The van der Waals surface area contributed by atoms with E-state index in [1.165, 1.54) is 23.9 Å². The van der Waals surface area contributed by atoms with E-state index >= 15 is 0 Å². The zero-order valence-electron chi connectivity index (χ0n) is 15.7. The summed E-state index contributed by atoms with van der Waals surface area (Å²) in [5.41, 5.74) is 1.33. The number of hydrogen-bond acceptors (Lipinski definition) is 4. The lowest BCUT2D eigenvalue weighted by atomic mass is 10.2. The monoisotopic (exact) mass is 469 g/mol. The lowest BCUT2D eigenvalue weighted by molar-refractivity contribution is -0.122. The molecule has 0 N–H and O–H groups in total. The molecule has 0 bridgehead atoms. The van der Waals surface area contributed by atoms with Crippen LogP contribution in [-0.2, 0) is 11.4 Å². The van der Waals surface area contributed by atoms with E-state index in [0.29, 0.717) is 48.6 Å². The van der Waals surface area contributed by atoms with Gasteiger partial charge >= 0.3 is 0 Å². The van der Waals surface area contributed by atoms with Crippen molar-refractivity contribution >= 4 is 63.5 Å². The van der Waals surface area contributed by atoms with E-state index in [1.54, 1.807) is 35.2 Å². The molecule has 1 saturated heterocycles. The summed E-state index contributed by atoms with van der Waals surface area (Å²) < 4.78 is 19.5. The molecule has 0 unspecified atom stereocenters. The Morgan fingerprint density at radius 2 is 1.93 bits per heavy atom. The predicted molar refractivity (Wildman–Crippen MR) is 122 cm³/mol. The highest BCUT2D eigenvalue weighted by molar-refractivity contribution is 8.26. The van der Waals surface area contributed by atoms with Gasteiger partial charge < -0.3 is 4.74 Å². The van der Waals surface area contributed by atoms with Gasteiger partial charge in [0, 0.05) is 6.54 Å². The number of thiocarbonyl (C=S) groups is 1. The van der Waals surface area contributed by atoms with Crippen molar-refractivity contribution in [1.82, 2.24) is 4.90 Å². The number of carbonyl (C=O) groups excluding carboxylic acids is 1. The molecule has 29 heavy (non-hydrogen) atoms. The van der Waals surface area contributed by atoms with Crippen LogP contribution < -0.4 is 4.74 Å². The summed E-state index contributed by atoms with van der Waals surface area (Å²) in [5, 5.41) is 0.607. The van der Waals surface area contributed by atoms with Crippen molar-refractivity contribution in [2.75, 3.05) is 6.54 Å². The van der Waals surface area contributed by atoms with E-state index < -0.39 is 0 Å². The summed E-state index contributed by atoms with van der Waals surface area (Å²) in [6, 6.07) is 9.44. The Bertz CT molecular complexity index is 971. The molecule has 1 heterocycles. The van der Waals surface area contributed by atoms with Crippen LogP contribution in [0.15, 0.2) is 41.3 Å². The predicted octanol–water partition coefficient (Wildman–Crippen LogP) is 6.57. The highest BCUT2D eigenvalue weighted by Crippen LogP contribution is 2.38. The van der Waals surface area contributed by atoms with Crippen LogP contribution in [0.4, 0.5) is 4.39 Å². The second-order valence-electron chi connectivity index (χ2n) is 6.92. The molecule has 1 amide bonds. The van der Waals surface area contributed by atoms with Crippen molar-refractivity contribution in [1.29, 1.82) is 0 Å². The highest BCUT2D eigenvalue weighted by atomic mass is 35.5. The molecule has 2 aromatic carbocycles. The molecule has 0 aromatic heterocycles. The van der Waals surface area contributed by atoms with Gasteiger partial charge in [-0.2, -0.15) is 0 Å². The Labute approximate surface area is 188 Å². The van der Waals surface area contributed by atoms with Crippen LogP contribution in [0.1, 0.15) is 25.0 Å². The molecular weight excluding hydrogens is 452 g/mol. The number of hydrogen-bond donors (Lipinski definition) is 0. The number of rotatable bonds is 6. The average Bonchev–Trinajstić information content (AvgIpc) is 2.88. The molecule has 2 aromatic rings. The molecule has 1 fully saturated rings. The van der Waals surface area contributed by atoms with Crippen LogP contribution in [0, 0.1) is 11.7 Å². The molecule has 0 spiro atoms. The van der Waals surface area contributed by atoms with Crippen LogP contribution in [0.2, 0.25) is 10.0 Å². The van der Waals surface area contributed by atoms with Crippen molar-refractivity contribution in [3.05, 3.63) is 68.3 Å². The normalized spacial score (nSPS) is 15.7. The van der Waals surface area contributed by atoms with Crippen LogP contribution in [0.5, 0.6) is 5.75 Å². The largest absolute Gasteiger partial charge is 0.486 e. The summed E-state index contributed by atoms with van der Waals surface area (Å²) in [6.45, 7) is 4.77. The maximum atomic E-state index is 13.3. The molecular formula is C21H18Cl2FNO2S2. The molecule has 1 aliphatic rings. The number of amides is 1. The first kappa shape index (κ1) is 22.1. The fourth-order valence-corrected chi connectivity index (χ4v) is 4.64. The number of benzene rings is 2. The van der Waals surface area contributed by atoms with E-state index in [2.05, 4.69) is 0 Å². The molecule has 0 atom stereocenters. The fraction of sp³-hybridized carbons (Fsp3) is 0.238. The molecule has 0 saturated carbocycles. The summed E-state index contributed by atoms with van der Waals surface area (Å²) in [5.74, 6) is 0.165. The van der Waals surface area contributed by atoms with Crippen LogP contribution in [0.25, 0.3) is 6.08 Å². The van der Waals surface area contributed by atoms with Crippen LogP contribution in [-0.4, -0.2) is 21.7 Å².